The summed E-state index contributed by atoms with van der Waals surface area (Å²) in [6.07, 6.45) is 0.0678. The smallest absolute Gasteiger partial charge is 0.200 e. The molecule has 1 atom stereocenters. The van der Waals surface area contributed by atoms with E-state index in [9.17, 15) is 22.0 Å². The highest BCUT2D eigenvalue weighted by Gasteiger charge is 2.27. The second-order valence-electron chi connectivity index (χ2n) is 3.00. The van der Waals surface area contributed by atoms with Crippen molar-refractivity contribution in [2.45, 2.75) is 19.2 Å². The van der Waals surface area contributed by atoms with Gasteiger partial charge in [0.25, 0.3) is 0 Å². The van der Waals surface area contributed by atoms with Crippen molar-refractivity contribution in [2.75, 3.05) is 0 Å². The molecule has 0 fully saturated rings. The summed E-state index contributed by atoms with van der Waals surface area (Å²) in [5, 5.41) is 0. The van der Waals surface area contributed by atoms with Gasteiger partial charge in [0.05, 0.1) is 7.85 Å². The Kier molecular flexibility index (Phi) is 3.37. The maximum Gasteiger partial charge on any atom is 0.200 e. The van der Waals surface area contributed by atoms with Crippen LogP contribution in [0.15, 0.2) is 0 Å². The summed E-state index contributed by atoms with van der Waals surface area (Å²) >= 11 is 0. The highest BCUT2D eigenvalue weighted by atomic mass is 19.2. The van der Waals surface area contributed by atoms with E-state index in [1.165, 1.54) is 6.92 Å². The molecule has 0 nitrogen and oxygen atoms in total. The van der Waals surface area contributed by atoms with Crippen LogP contribution in [0.4, 0.5) is 22.0 Å². The second kappa shape index (κ2) is 4.20. The van der Waals surface area contributed by atoms with Crippen LogP contribution < -0.4 is 0 Å². The lowest BCUT2D eigenvalue weighted by Crippen LogP contribution is -2.11. The molecule has 2 radical (unpaired) electrons. The summed E-state index contributed by atoms with van der Waals surface area (Å²) in [6, 6.07) is 0. The minimum atomic E-state index is -2.17. The van der Waals surface area contributed by atoms with Crippen LogP contribution in [-0.2, 0) is 0 Å². The van der Waals surface area contributed by atoms with Crippen LogP contribution in [0.5, 0.6) is 0 Å². The molecule has 1 aromatic rings. The zero-order valence-electron chi connectivity index (χ0n) is 7.75. The standard InChI is InChI=1S/C9H6BF5/c1-2-3(10)4-5(11)7(13)9(15)8(14)6(4)12/h3H,2H2,1H3/t3-/m1/s1. The number of hydrogen-bond donors (Lipinski definition) is 0. The van der Waals surface area contributed by atoms with Gasteiger partial charge in [-0.1, -0.05) is 13.3 Å². The van der Waals surface area contributed by atoms with Gasteiger partial charge in [-0.3, -0.25) is 0 Å². The Labute approximate surface area is 84.5 Å². The summed E-state index contributed by atoms with van der Waals surface area (Å²) < 4.78 is 64.0. The molecule has 0 saturated heterocycles. The van der Waals surface area contributed by atoms with E-state index in [2.05, 4.69) is 0 Å². The van der Waals surface area contributed by atoms with Gasteiger partial charge in [-0.05, 0) is 5.82 Å². The molecule has 0 aromatic heterocycles. The summed E-state index contributed by atoms with van der Waals surface area (Å²) in [5.41, 5.74) is -0.964. The predicted octanol–water partition coefficient (Wildman–Crippen LogP) is 3.00. The van der Waals surface area contributed by atoms with Crippen molar-refractivity contribution in [3.05, 3.63) is 34.6 Å². The van der Waals surface area contributed by atoms with Crippen LogP contribution in [0.3, 0.4) is 0 Å². The largest absolute Gasteiger partial charge is 0.203 e. The second-order valence-corrected chi connectivity index (χ2v) is 3.00. The van der Waals surface area contributed by atoms with Gasteiger partial charge in [-0.2, -0.15) is 0 Å². The quantitative estimate of drug-likeness (QED) is 0.311. The molecule has 80 valence electrons. The van der Waals surface area contributed by atoms with Gasteiger partial charge in [0.15, 0.2) is 23.3 Å². The zero-order chi connectivity index (χ0) is 11.7. The van der Waals surface area contributed by atoms with E-state index in [0.29, 0.717) is 0 Å². The van der Waals surface area contributed by atoms with E-state index in [1.54, 1.807) is 0 Å². The number of halogens is 5. The molecule has 0 aliphatic rings. The maximum absolute atomic E-state index is 13.0. The van der Waals surface area contributed by atoms with Gasteiger partial charge in [-0.15, -0.1) is 0 Å². The number of benzene rings is 1. The lowest BCUT2D eigenvalue weighted by molar-refractivity contribution is 0.368. The van der Waals surface area contributed by atoms with Gasteiger partial charge in [-0.25, -0.2) is 22.0 Å². The molecule has 1 rings (SSSR count). The maximum atomic E-state index is 13.0. The Bertz CT molecular complexity index is 362. The van der Waals surface area contributed by atoms with Crippen molar-refractivity contribution in [3.63, 3.8) is 0 Å². The van der Waals surface area contributed by atoms with Gasteiger partial charge in [0.1, 0.15) is 0 Å². The average Bonchev–Trinajstić information content (AvgIpc) is 2.23. The van der Waals surface area contributed by atoms with Crippen molar-refractivity contribution < 1.29 is 22.0 Å². The monoisotopic (exact) mass is 220 g/mol. The first-order valence-electron chi connectivity index (χ1n) is 4.18. The van der Waals surface area contributed by atoms with E-state index in [0.717, 1.165) is 0 Å². The van der Waals surface area contributed by atoms with Crippen molar-refractivity contribution >= 4 is 7.85 Å². The third-order valence-electron chi connectivity index (χ3n) is 2.05. The first kappa shape index (κ1) is 12.0. The normalized spacial score (nSPS) is 12.9. The molecule has 0 saturated carbocycles. The average molecular weight is 220 g/mol. The van der Waals surface area contributed by atoms with Crippen LogP contribution in [0.25, 0.3) is 0 Å². The molecule has 6 heteroatoms. The van der Waals surface area contributed by atoms with Crippen molar-refractivity contribution in [2.24, 2.45) is 0 Å². The Hall–Kier alpha value is -1.07. The molecule has 0 bridgehead atoms. The van der Waals surface area contributed by atoms with E-state index in [-0.39, 0.29) is 6.42 Å². The number of rotatable bonds is 2. The molecule has 0 unspecified atom stereocenters. The Morgan fingerprint density at radius 2 is 1.20 bits per heavy atom. The molecular weight excluding hydrogens is 214 g/mol. The topological polar surface area (TPSA) is 0 Å². The molecule has 0 aliphatic carbocycles. The highest BCUT2D eigenvalue weighted by molar-refractivity contribution is 6.12. The molecule has 0 aliphatic heterocycles. The molecule has 15 heavy (non-hydrogen) atoms. The summed E-state index contributed by atoms with van der Waals surface area (Å²) in [4.78, 5) is 0. The van der Waals surface area contributed by atoms with Crippen LogP contribution >= 0.6 is 0 Å². The van der Waals surface area contributed by atoms with E-state index in [4.69, 9.17) is 7.85 Å². The first-order valence-corrected chi connectivity index (χ1v) is 4.18. The van der Waals surface area contributed by atoms with Gasteiger partial charge in [0.2, 0.25) is 5.82 Å². The highest BCUT2D eigenvalue weighted by Crippen LogP contribution is 2.28. The lowest BCUT2D eigenvalue weighted by atomic mass is 9.78. The Balaban J connectivity index is 3.52. The van der Waals surface area contributed by atoms with Crippen LogP contribution in [0.2, 0.25) is 0 Å². The van der Waals surface area contributed by atoms with Gasteiger partial charge < -0.3 is 0 Å². The minimum Gasteiger partial charge on any atom is -0.203 e. The van der Waals surface area contributed by atoms with Crippen molar-refractivity contribution in [3.8, 4) is 0 Å². The fourth-order valence-corrected chi connectivity index (χ4v) is 1.15. The summed E-state index contributed by atoms with van der Waals surface area (Å²) in [5.74, 6) is -11.0. The fourth-order valence-electron chi connectivity index (χ4n) is 1.15. The zero-order valence-corrected chi connectivity index (χ0v) is 7.75. The van der Waals surface area contributed by atoms with Gasteiger partial charge in [0, 0.05) is 5.56 Å². The molecule has 0 heterocycles. The lowest BCUT2D eigenvalue weighted by Gasteiger charge is -2.13. The summed E-state index contributed by atoms with van der Waals surface area (Å²) in [6.45, 7) is 1.47. The Morgan fingerprint density at radius 1 is 0.867 bits per heavy atom. The van der Waals surface area contributed by atoms with Crippen molar-refractivity contribution in [1.29, 1.82) is 0 Å². The summed E-state index contributed by atoms with van der Waals surface area (Å²) in [7, 11) is 5.25. The SMILES string of the molecule is [B][C@H](CC)c1c(F)c(F)c(F)c(F)c1F. The van der Waals surface area contributed by atoms with E-state index >= 15 is 0 Å². The first-order chi connectivity index (χ1) is 6.91. The van der Waals surface area contributed by atoms with Gasteiger partial charge >= 0.3 is 0 Å². The predicted molar refractivity (Wildman–Crippen MR) is 45.0 cm³/mol. The number of hydrogen-bond acceptors (Lipinski definition) is 0. The van der Waals surface area contributed by atoms with Crippen LogP contribution in [0, 0.1) is 29.1 Å². The molecule has 1 aromatic carbocycles. The third-order valence-corrected chi connectivity index (χ3v) is 2.05. The Morgan fingerprint density at radius 3 is 1.53 bits per heavy atom. The fraction of sp³-hybridized carbons (Fsp3) is 0.333. The van der Waals surface area contributed by atoms with Crippen molar-refractivity contribution in [1.82, 2.24) is 0 Å². The molecular formula is C9H6BF5. The molecule has 0 spiro atoms. The third kappa shape index (κ3) is 1.85. The molecule has 0 amide bonds. The van der Waals surface area contributed by atoms with Crippen LogP contribution in [0.1, 0.15) is 24.7 Å². The van der Waals surface area contributed by atoms with E-state index in [1.807, 2.05) is 0 Å². The van der Waals surface area contributed by atoms with E-state index < -0.39 is 40.5 Å². The van der Waals surface area contributed by atoms with Crippen LogP contribution in [-0.4, -0.2) is 7.85 Å². The minimum absolute atomic E-state index is 0.0678. The molecule has 0 N–H and O–H groups in total.